The maximum Gasteiger partial charge on any atom is 0.321 e. The highest BCUT2D eigenvalue weighted by atomic mass is 35.5. The molecule has 4 atom stereocenters. The average Bonchev–Trinajstić information content (AvgIpc) is 2.23. The predicted molar refractivity (Wildman–Crippen MR) is 68.0 cm³/mol. The van der Waals surface area contributed by atoms with Gasteiger partial charge in [-0.2, -0.15) is 0 Å². The number of carbonyl (C=O) groups excluding carboxylic acids is 2. The molecule has 1 rings (SSSR count). The van der Waals surface area contributed by atoms with Crippen molar-refractivity contribution in [3.63, 3.8) is 0 Å². The van der Waals surface area contributed by atoms with Crippen LogP contribution in [0.15, 0.2) is 0 Å². The van der Waals surface area contributed by atoms with Gasteiger partial charge < -0.3 is 5.32 Å². The zero-order valence-corrected chi connectivity index (χ0v) is 11.4. The molecule has 0 aliphatic heterocycles. The second-order valence-corrected chi connectivity index (χ2v) is 5.70. The number of hydrogen-bond acceptors (Lipinski definition) is 2. The van der Waals surface area contributed by atoms with Crippen LogP contribution >= 0.6 is 11.6 Å². The second kappa shape index (κ2) is 6.24. The summed E-state index contributed by atoms with van der Waals surface area (Å²) in [5, 5.41) is 4.37. The molecule has 0 radical (unpaired) electrons. The van der Waals surface area contributed by atoms with Crippen molar-refractivity contribution >= 4 is 23.5 Å². The molecule has 3 amide bonds. The Hall–Kier alpha value is -0.770. The van der Waals surface area contributed by atoms with E-state index in [9.17, 15) is 9.59 Å². The van der Waals surface area contributed by atoms with Gasteiger partial charge in [-0.3, -0.25) is 10.1 Å². The van der Waals surface area contributed by atoms with Gasteiger partial charge in [0.1, 0.15) is 5.38 Å². The van der Waals surface area contributed by atoms with Crippen molar-refractivity contribution in [2.75, 3.05) is 0 Å². The van der Waals surface area contributed by atoms with Crippen molar-refractivity contribution in [3.8, 4) is 0 Å². The van der Waals surface area contributed by atoms with E-state index in [4.69, 9.17) is 11.6 Å². The lowest BCUT2D eigenvalue weighted by molar-refractivity contribution is -0.119. The van der Waals surface area contributed by atoms with Gasteiger partial charge in [-0.15, -0.1) is 11.6 Å². The normalized spacial score (nSPS) is 30.5. The fraction of sp³-hybridized carbons (Fsp3) is 0.833. The quantitative estimate of drug-likeness (QED) is 0.749. The van der Waals surface area contributed by atoms with E-state index in [0.717, 1.165) is 19.3 Å². The van der Waals surface area contributed by atoms with Crippen LogP contribution in [0.4, 0.5) is 4.79 Å². The van der Waals surface area contributed by atoms with Crippen LogP contribution < -0.4 is 10.6 Å². The fourth-order valence-corrected chi connectivity index (χ4v) is 2.17. The molecule has 1 aliphatic carbocycles. The molecule has 98 valence electrons. The van der Waals surface area contributed by atoms with Gasteiger partial charge in [0.05, 0.1) is 0 Å². The van der Waals surface area contributed by atoms with Crippen molar-refractivity contribution in [2.45, 2.75) is 51.5 Å². The third-order valence-electron chi connectivity index (χ3n) is 3.53. The van der Waals surface area contributed by atoms with E-state index in [-0.39, 0.29) is 6.04 Å². The third-order valence-corrected chi connectivity index (χ3v) is 3.73. The van der Waals surface area contributed by atoms with Crippen molar-refractivity contribution in [2.24, 2.45) is 11.8 Å². The number of carbonyl (C=O) groups is 2. The lowest BCUT2D eigenvalue weighted by Crippen LogP contribution is -2.48. The summed E-state index contributed by atoms with van der Waals surface area (Å²) in [7, 11) is 0. The minimum Gasteiger partial charge on any atom is -0.335 e. The Labute approximate surface area is 107 Å². The van der Waals surface area contributed by atoms with E-state index in [0.29, 0.717) is 11.8 Å². The number of amides is 3. The Morgan fingerprint density at radius 3 is 2.41 bits per heavy atom. The number of imide groups is 1. The Kier molecular flexibility index (Phi) is 5.25. The molecule has 5 heteroatoms. The van der Waals surface area contributed by atoms with Crippen LogP contribution in [-0.2, 0) is 4.79 Å². The van der Waals surface area contributed by atoms with Gasteiger partial charge in [0.2, 0.25) is 5.91 Å². The number of halogens is 1. The Morgan fingerprint density at radius 2 is 1.88 bits per heavy atom. The molecule has 17 heavy (non-hydrogen) atoms. The van der Waals surface area contributed by atoms with Crippen LogP contribution in [0.3, 0.4) is 0 Å². The second-order valence-electron chi connectivity index (χ2n) is 5.04. The van der Waals surface area contributed by atoms with E-state index in [1.165, 1.54) is 6.92 Å². The lowest BCUT2D eigenvalue weighted by Gasteiger charge is -2.32. The standard InChI is InChI=1S/C12H21ClN2O2/c1-7-4-5-10(6-8(7)2)14-12(17)15-11(16)9(3)13/h7-10H,4-6H2,1-3H3,(H2,14,15,16,17). The molecule has 2 N–H and O–H groups in total. The highest BCUT2D eigenvalue weighted by Crippen LogP contribution is 2.29. The van der Waals surface area contributed by atoms with Crippen molar-refractivity contribution < 1.29 is 9.59 Å². The molecular formula is C12H21ClN2O2. The largest absolute Gasteiger partial charge is 0.335 e. The Balaban J connectivity index is 2.34. The molecule has 0 aromatic carbocycles. The molecule has 0 bridgehead atoms. The van der Waals surface area contributed by atoms with Gasteiger partial charge in [0, 0.05) is 6.04 Å². The third kappa shape index (κ3) is 4.54. The smallest absolute Gasteiger partial charge is 0.321 e. The average molecular weight is 261 g/mol. The number of rotatable bonds is 2. The highest BCUT2D eigenvalue weighted by molar-refractivity contribution is 6.31. The molecule has 1 saturated carbocycles. The zero-order valence-electron chi connectivity index (χ0n) is 10.6. The maximum absolute atomic E-state index is 11.5. The van der Waals surface area contributed by atoms with E-state index >= 15 is 0 Å². The SMILES string of the molecule is CC(Cl)C(=O)NC(=O)NC1CCC(C)C(C)C1. The minimum atomic E-state index is -0.689. The summed E-state index contributed by atoms with van der Waals surface area (Å²) >= 11 is 5.57. The Morgan fingerprint density at radius 1 is 1.24 bits per heavy atom. The van der Waals surface area contributed by atoms with Crippen LogP contribution in [0.2, 0.25) is 0 Å². The maximum atomic E-state index is 11.5. The van der Waals surface area contributed by atoms with Crippen molar-refractivity contribution in [3.05, 3.63) is 0 Å². The summed E-state index contributed by atoms with van der Waals surface area (Å²) in [6.07, 6.45) is 3.06. The number of urea groups is 1. The summed E-state index contributed by atoms with van der Waals surface area (Å²) in [5.41, 5.74) is 0. The van der Waals surface area contributed by atoms with E-state index < -0.39 is 17.3 Å². The summed E-state index contributed by atoms with van der Waals surface area (Å²) in [4.78, 5) is 22.7. The molecule has 4 unspecified atom stereocenters. The zero-order chi connectivity index (χ0) is 13.0. The minimum absolute atomic E-state index is 0.166. The first kappa shape index (κ1) is 14.3. The first-order valence-corrected chi connectivity index (χ1v) is 6.59. The molecule has 0 aromatic heterocycles. The van der Waals surface area contributed by atoms with E-state index in [1.807, 2.05) is 0 Å². The van der Waals surface area contributed by atoms with Crippen molar-refractivity contribution in [1.29, 1.82) is 0 Å². The molecule has 4 nitrogen and oxygen atoms in total. The molecule has 0 aromatic rings. The first-order valence-electron chi connectivity index (χ1n) is 6.15. The number of alkyl halides is 1. The Bertz CT molecular complexity index is 294. The topological polar surface area (TPSA) is 58.2 Å². The van der Waals surface area contributed by atoms with Gasteiger partial charge >= 0.3 is 6.03 Å². The summed E-state index contributed by atoms with van der Waals surface area (Å²) in [5.74, 6) is 0.860. The molecule has 0 heterocycles. The number of nitrogens with one attached hydrogen (secondary N) is 2. The van der Waals surface area contributed by atoms with E-state index in [1.54, 1.807) is 0 Å². The number of hydrogen-bond donors (Lipinski definition) is 2. The van der Waals surface area contributed by atoms with Crippen LogP contribution in [0.5, 0.6) is 0 Å². The highest BCUT2D eigenvalue weighted by Gasteiger charge is 2.26. The molecule has 1 aliphatic rings. The van der Waals surface area contributed by atoms with Crippen molar-refractivity contribution in [1.82, 2.24) is 10.6 Å². The molecule has 0 spiro atoms. The van der Waals surface area contributed by atoms with Gasteiger partial charge in [-0.05, 0) is 38.0 Å². The summed E-state index contributed by atoms with van der Waals surface area (Å²) in [6, 6.07) is -0.270. The van der Waals surface area contributed by atoms with Crippen LogP contribution in [0.25, 0.3) is 0 Å². The predicted octanol–water partition coefficient (Wildman–Crippen LogP) is 2.26. The molecule has 1 fully saturated rings. The van der Waals surface area contributed by atoms with Crippen LogP contribution in [0, 0.1) is 11.8 Å². The summed E-state index contributed by atoms with van der Waals surface area (Å²) < 4.78 is 0. The summed E-state index contributed by atoms with van der Waals surface area (Å²) in [6.45, 7) is 5.97. The lowest BCUT2D eigenvalue weighted by atomic mass is 9.79. The fourth-order valence-electron chi connectivity index (χ4n) is 2.11. The molecular weight excluding hydrogens is 240 g/mol. The van der Waals surface area contributed by atoms with Gasteiger partial charge in [0.25, 0.3) is 0 Å². The first-order chi connectivity index (χ1) is 7.90. The van der Waals surface area contributed by atoms with E-state index in [2.05, 4.69) is 24.5 Å². The van der Waals surface area contributed by atoms with Gasteiger partial charge in [-0.1, -0.05) is 13.8 Å². The molecule has 0 saturated heterocycles. The monoisotopic (exact) mass is 260 g/mol. The van der Waals surface area contributed by atoms with Gasteiger partial charge in [-0.25, -0.2) is 4.79 Å². The van der Waals surface area contributed by atoms with Gasteiger partial charge in [0.15, 0.2) is 0 Å². The van der Waals surface area contributed by atoms with Crippen LogP contribution in [0.1, 0.15) is 40.0 Å². The van der Waals surface area contributed by atoms with Crippen LogP contribution in [-0.4, -0.2) is 23.4 Å².